The van der Waals surface area contributed by atoms with E-state index in [0.717, 1.165) is 24.1 Å². The van der Waals surface area contributed by atoms with Crippen LogP contribution < -0.4 is 10.6 Å². The first kappa shape index (κ1) is 17.8. The number of thiocarbonyl (C=S) groups is 1. The maximum atomic E-state index is 12.5. The summed E-state index contributed by atoms with van der Waals surface area (Å²) in [5, 5.41) is 6.87. The minimum absolute atomic E-state index is 0.278. The minimum atomic E-state index is -0.294. The monoisotopic (exact) mass is 350 g/mol. The van der Waals surface area contributed by atoms with E-state index in [1.54, 1.807) is 11.8 Å². The van der Waals surface area contributed by atoms with Crippen LogP contribution in [-0.2, 0) is 9.53 Å². The maximum absolute atomic E-state index is 12.5. The van der Waals surface area contributed by atoms with Crippen molar-refractivity contribution < 1.29 is 9.53 Å². The molecule has 1 aliphatic rings. The van der Waals surface area contributed by atoms with Gasteiger partial charge in [0.2, 0.25) is 0 Å². The van der Waals surface area contributed by atoms with Gasteiger partial charge in [0.25, 0.3) is 0 Å². The molecule has 0 saturated heterocycles. The van der Waals surface area contributed by atoms with Crippen molar-refractivity contribution in [2.24, 2.45) is 0 Å². The smallest absolute Gasteiger partial charge is 0.338 e. The second-order valence-corrected chi connectivity index (χ2v) is 6.46. The van der Waals surface area contributed by atoms with Crippen LogP contribution in [0.5, 0.6) is 0 Å². The third-order valence-electron chi connectivity index (χ3n) is 3.60. The Balaban J connectivity index is 2.45. The molecule has 0 saturated carbocycles. The van der Waals surface area contributed by atoms with E-state index in [2.05, 4.69) is 29.7 Å². The van der Waals surface area contributed by atoms with E-state index in [1.807, 2.05) is 25.3 Å². The number of esters is 1. The van der Waals surface area contributed by atoms with Gasteiger partial charge in [-0.05, 0) is 49.5 Å². The molecule has 0 fully saturated rings. The fraction of sp³-hybridized carbons (Fsp3) is 0.412. The molecular weight excluding hydrogens is 328 g/mol. The predicted molar refractivity (Wildman–Crippen MR) is 98.4 cm³/mol. The van der Waals surface area contributed by atoms with Crippen molar-refractivity contribution in [2.75, 3.05) is 12.9 Å². The number of nitrogens with one attached hydrogen (secondary N) is 2. The lowest BCUT2D eigenvalue weighted by molar-refractivity contribution is -0.139. The predicted octanol–water partition coefficient (Wildman–Crippen LogP) is 3.54. The van der Waals surface area contributed by atoms with E-state index in [0.29, 0.717) is 17.3 Å². The van der Waals surface area contributed by atoms with Crippen LogP contribution in [0.25, 0.3) is 0 Å². The number of hydrogen-bond donors (Lipinski definition) is 2. The van der Waals surface area contributed by atoms with Crippen LogP contribution in [0.3, 0.4) is 0 Å². The molecule has 2 N–H and O–H groups in total. The molecule has 1 aromatic rings. The highest BCUT2D eigenvalue weighted by atomic mass is 32.2. The Labute approximate surface area is 147 Å². The average molecular weight is 351 g/mol. The van der Waals surface area contributed by atoms with Crippen molar-refractivity contribution in [1.82, 2.24) is 10.6 Å². The third kappa shape index (κ3) is 4.26. The van der Waals surface area contributed by atoms with Crippen LogP contribution in [0.2, 0.25) is 0 Å². The zero-order valence-electron chi connectivity index (χ0n) is 13.6. The van der Waals surface area contributed by atoms with Crippen LogP contribution in [-0.4, -0.2) is 23.9 Å². The molecule has 0 aliphatic carbocycles. The quantitative estimate of drug-likeness (QED) is 0.465. The fourth-order valence-corrected chi connectivity index (χ4v) is 3.21. The van der Waals surface area contributed by atoms with Gasteiger partial charge in [0.05, 0.1) is 18.2 Å². The molecule has 0 unspecified atom stereocenters. The molecule has 0 radical (unpaired) electrons. The molecule has 0 aromatic heterocycles. The summed E-state index contributed by atoms with van der Waals surface area (Å²) in [6.07, 6.45) is 3.72. The molecule has 1 aromatic carbocycles. The Morgan fingerprint density at radius 1 is 1.30 bits per heavy atom. The summed E-state index contributed by atoms with van der Waals surface area (Å²) in [4.78, 5) is 13.7. The number of allylic oxidation sites excluding steroid dienone is 1. The van der Waals surface area contributed by atoms with E-state index in [9.17, 15) is 4.79 Å². The molecule has 1 heterocycles. The van der Waals surface area contributed by atoms with Gasteiger partial charge in [-0.2, -0.15) is 0 Å². The van der Waals surface area contributed by atoms with Crippen LogP contribution in [0, 0.1) is 0 Å². The molecule has 2 rings (SSSR count). The van der Waals surface area contributed by atoms with Crippen molar-refractivity contribution >= 4 is 35.1 Å². The standard InChI is InChI=1S/C17H22N2O2S2/c1-4-6-13-14(16(20)21-5-2)15(19-17(22)18-13)11-7-9-12(23-3)10-8-11/h7-10,15H,4-6H2,1-3H3,(H2,18,19,22)/t15-/m1/s1. The van der Waals surface area contributed by atoms with Gasteiger partial charge in [-0.3, -0.25) is 0 Å². The number of carbonyl (C=O) groups is 1. The van der Waals surface area contributed by atoms with Gasteiger partial charge in [-0.1, -0.05) is 25.5 Å². The van der Waals surface area contributed by atoms with Gasteiger partial charge < -0.3 is 15.4 Å². The van der Waals surface area contributed by atoms with E-state index in [-0.39, 0.29) is 12.0 Å². The molecule has 6 heteroatoms. The average Bonchev–Trinajstić information content (AvgIpc) is 2.55. The maximum Gasteiger partial charge on any atom is 0.338 e. The molecule has 23 heavy (non-hydrogen) atoms. The highest BCUT2D eigenvalue weighted by Crippen LogP contribution is 2.30. The third-order valence-corrected chi connectivity index (χ3v) is 4.56. The van der Waals surface area contributed by atoms with Crippen molar-refractivity contribution in [3.63, 3.8) is 0 Å². The Morgan fingerprint density at radius 3 is 2.57 bits per heavy atom. The van der Waals surface area contributed by atoms with Crippen molar-refractivity contribution in [3.05, 3.63) is 41.1 Å². The summed E-state index contributed by atoms with van der Waals surface area (Å²) in [6.45, 7) is 4.24. The topological polar surface area (TPSA) is 50.4 Å². The van der Waals surface area contributed by atoms with Gasteiger partial charge in [-0.15, -0.1) is 11.8 Å². The van der Waals surface area contributed by atoms with Crippen LogP contribution in [0.4, 0.5) is 0 Å². The minimum Gasteiger partial charge on any atom is -0.463 e. The van der Waals surface area contributed by atoms with Gasteiger partial charge >= 0.3 is 5.97 Å². The van der Waals surface area contributed by atoms with E-state index in [1.165, 1.54) is 4.90 Å². The number of carbonyl (C=O) groups excluding carboxylic acids is 1. The summed E-state index contributed by atoms with van der Waals surface area (Å²) >= 11 is 7.00. The first-order chi connectivity index (χ1) is 11.1. The van der Waals surface area contributed by atoms with Gasteiger partial charge in [0.15, 0.2) is 5.11 Å². The molecule has 1 aliphatic heterocycles. The van der Waals surface area contributed by atoms with Crippen LogP contribution >= 0.6 is 24.0 Å². The Hall–Kier alpha value is -1.53. The SMILES string of the molecule is CCCC1=C(C(=O)OCC)[C@@H](c2ccc(SC)cc2)NC(=S)N1. The lowest BCUT2D eigenvalue weighted by Crippen LogP contribution is -2.45. The fourth-order valence-electron chi connectivity index (χ4n) is 2.56. The molecule has 0 bridgehead atoms. The first-order valence-corrected chi connectivity index (χ1v) is 9.35. The number of rotatable bonds is 6. The second-order valence-electron chi connectivity index (χ2n) is 5.17. The van der Waals surface area contributed by atoms with Crippen molar-refractivity contribution in [3.8, 4) is 0 Å². The highest BCUT2D eigenvalue weighted by molar-refractivity contribution is 7.98. The van der Waals surface area contributed by atoms with Crippen molar-refractivity contribution in [1.29, 1.82) is 0 Å². The summed E-state index contributed by atoms with van der Waals surface area (Å²) in [7, 11) is 0. The normalized spacial score (nSPS) is 17.5. The Morgan fingerprint density at radius 2 is 2.00 bits per heavy atom. The van der Waals surface area contributed by atoms with Gasteiger partial charge in [0.1, 0.15) is 0 Å². The number of hydrogen-bond acceptors (Lipinski definition) is 4. The van der Waals surface area contributed by atoms with Crippen LogP contribution in [0.1, 0.15) is 38.3 Å². The largest absolute Gasteiger partial charge is 0.463 e. The first-order valence-electron chi connectivity index (χ1n) is 7.72. The molecule has 1 atom stereocenters. The summed E-state index contributed by atoms with van der Waals surface area (Å²) < 4.78 is 5.27. The molecular formula is C17H22N2O2S2. The molecule has 124 valence electrons. The number of thioether (sulfide) groups is 1. The molecule has 0 spiro atoms. The van der Waals surface area contributed by atoms with Gasteiger partial charge in [0, 0.05) is 10.6 Å². The lowest BCUT2D eigenvalue weighted by Gasteiger charge is -2.31. The summed E-state index contributed by atoms with van der Waals surface area (Å²) in [5.74, 6) is -0.294. The Kier molecular flexibility index (Phi) is 6.47. The molecule has 4 nitrogen and oxygen atoms in total. The second kappa shape index (κ2) is 8.36. The number of benzene rings is 1. The summed E-state index contributed by atoms with van der Waals surface area (Å²) in [5.41, 5.74) is 2.48. The van der Waals surface area contributed by atoms with E-state index in [4.69, 9.17) is 17.0 Å². The lowest BCUT2D eigenvalue weighted by atomic mass is 9.94. The van der Waals surface area contributed by atoms with Crippen LogP contribution in [0.15, 0.2) is 40.4 Å². The zero-order valence-corrected chi connectivity index (χ0v) is 15.3. The van der Waals surface area contributed by atoms with Crippen molar-refractivity contribution in [2.45, 2.75) is 37.6 Å². The Bertz CT molecular complexity index is 612. The molecule has 0 amide bonds. The number of ether oxygens (including phenoxy) is 1. The zero-order chi connectivity index (χ0) is 16.8. The van der Waals surface area contributed by atoms with E-state index < -0.39 is 0 Å². The van der Waals surface area contributed by atoms with Gasteiger partial charge in [-0.25, -0.2) is 4.79 Å². The highest BCUT2D eigenvalue weighted by Gasteiger charge is 2.31. The summed E-state index contributed by atoms with van der Waals surface area (Å²) in [6, 6.07) is 7.88. The van der Waals surface area contributed by atoms with E-state index >= 15 is 0 Å².